The number of hydrogen-bond acceptors (Lipinski definition) is 4. The molecule has 3 N–H and O–H groups in total. The third kappa shape index (κ3) is 4.18. The first-order valence-electron chi connectivity index (χ1n) is 7.39. The molecule has 116 valence electrons. The van der Waals surface area contributed by atoms with Gasteiger partial charge in [0.05, 0.1) is 18.8 Å². The van der Waals surface area contributed by atoms with Crippen LogP contribution in [-0.4, -0.2) is 54.6 Å². The molecule has 0 aromatic heterocycles. The van der Waals surface area contributed by atoms with Gasteiger partial charge in [-0.25, -0.2) is 0 Å². The number of ether oxygens (including phenoxy) is 1. The summed E-state index contributed by atoms with van der Waals surface area (Å²) >= 11 is 0. The van der Waals surface area contributed by atoms with Crippen molar-refractivity contribution in [3.05, 3.63) is 0 Å². The molecule has 2 amide bonds. The van der Waals surface area contributed by atoms with Gasteiger partial charge in [0, 0.05) is 13.1 Å². The first kappa shape index (κ1) is 16.9. The van der Waals surface area contributed by atoms with Crippen LogP contribution in [0.2, 0.25) is 0 Å². The molecule has 0 aromatic carbocycles. The van der Waals surface area contributed by atoms with E-state index in [2.05, 4.69) is 5.32 Å². The Kier molecular flexibility index (Phi) is 6.42. The third-order valence-electron chi connectivity index (χ3n) is 3.50. The lowest BCUT2D eigenvalue weighted by molar-refractivity contribution is -0.152. The Balaban J connectivity index is 2.78. The maximum atomic E-state index is 12.6. The van der Waals surface area contributed by atoms with Crippen LogP contribution in [0.5, 0.6) is 0 Å². The molecule has 0 saturated carbocycles. The van der Waals surface area contributed by atoms with E-state index < -0.39 is 11.6 Å². The van der Waals surface area contributed by atoms with Gasteiger partial charge < -0.3 is 20.7 Å². The summed E-state index contributed by atoms with van der Waals surface area (Å²) in [7, 11) is 0. The number of rotatable bonds is 6. The van der Waals surface area contributed by atoms with Crippen molar-refractivity contribution in [2.75, 3.05) is 26.3 Å². The Hall–Kier alpha value is -1.14. The van der Waals surface area contributed by atoms with Crippen LogP contribution in [0.4, 0.5) is 0 Å². The highest BCUT2D eigenvalue weighted by Crippen LogP contribution is 2.17. The maximum Gasteiger partial charge on any atom is 0.245 e. The second-order valence-electron chi connectivity index (χ2n) is 5.55. The van der Waals surface area contributed by atoms with Crippen LogP contribution in [0.15, 0.2) is 0 Å². The normalized spacial score (nSPS) is 22.2. The van der Waals surface area contributed by atoms with Crippen LogP contribution in [0.1, 0.15) is 40.0 Å². The molecule has 1 saturated heterocycles. The molecule has 2 unspecified atom stereocenters. The molecule has 0 bridgehead atoms. The molecule has 0 aliphatic carbocycles. The van der Waals surface area contributed by atoms with Crippen LogP contribution in [0.25, 0.3) is 0 Å². The number of morpholine rings is 1. The van der Waals surface area contributed by atoms with E-state index in [1.54, 1.807) is 11.8 Å². The Bertz CT molecular complexity index is 345. The van der Waals surface area contributed by atoms with Crippen molar-refractivity contribution in [1.82, 2.24) is 10.2 Å². The molecule has 0 aromatic rings. The minimum absolute atomic E-state index is 0.160. The van der Waals surface area contributed by atoms with E-state index in [0.29, 0.717) is 26.1 Å². The average molecular weight is 285 g/mol. The van der Waals surface area contributed by atoms with E-state index in [1.165, 1.54) is 0 Å². The molecular formula is C14H27N3O3. The molecule has 1 heterocycles. The van der Waals surface area contributed by atoms with Gasteiger partial charge >= 0.3 is 0 Å². The number of nitrogens with one attached hydrogen (secondary N) is 1. The minimum atomic E-state index is -0.921. The topological polar surface area (TPSA) is 84.7 Å². The molecule has 1 rings (SSSR count). The van der Waals surface area contributed by atoms with Gasteiger partial charge in [0.2, 0.25) is 11.8 Å². The van der Waals surface area contributed by atoms with Gasteiger partial charge in [0.15, 0.2) is 0 Å². The van der Waals surface area contributed by atoms with Crippen molar-refractivity contribution >= 4 is 11.8 Å². The van der Waals surface area contributed by atoms with E-state index >= 15 is 0 Å². The highest BCUT2D eigenvalue weighted by atomic mass is 16.5. The molecule has 1 fully saturated rings. The molecule has 1 aliphatic heterocycles. The molecule has 0 spiro atoms. The summed E-state index contributed by atoms with van der Waals surface area (Å²) in [6.45, 7) is 7.41. The fourth-order valence-corrected chi connectivity index (χ4v) is 2.38. The summed E-state index contributed by atoms with van der Waals surface area (Å²) in [4.78, 5) is 26.3. The van der Waals surface area contributed by atoms with Crippen molar-refractivity contribution in [2.45, 2.75) is 51.6 Å². The van der Waals surface area contributed by atoms with Crippen LogP contribution >= 0.6 is 0 Å². The summed E-state index contributed by atoms with van der Waals surface area (Å²) < 4.78 is 5.34. The zero-order valence-corrected chi connectivity index (χ0v) is 12.8. The van der Waals surface area contributed by atoms with Crippen molar-refractivity contribution < 1.29 is 14.3 Å². The Morgan fingerprint density at radius 3 is 2.70 bits per heavy atom. The van der Waals surface area contributed by atoms with Gasteiger partial charge in [-0.1, -0.05) is 20.3 Å². The molecule has 20 heavy (non-hydrogen) atoms. The fraction of sp³-hybridized carbons (Fsp3) is 0.857. The van der Waals surface area contributed by atoms with E-state index in [9.17, 15) is 9.59 Å². The smallest absolute Gasteiger partial charge is 0.245 e. The fourth-order valence-electron chi connectivity index (χ4n) is 2.38. The summed E-state index contributed by atoms with van der Waals surface area (Å²) in [5, 5.41) is 2.82. The van der Waals surface area contributed by atoms with Crippen molar-refractivity contribution in [1.29, 1.82) is 0 Å². The van der Waals surface area contributed by atoms with E-state index in [1.807, 2.05) is 13.8 Å². The Labute approximate surface area is 121 Å². The Morgan fingerprint density at radius 1 is 1.40 bits per heavy atom. The SMILES string of the molecule is CCCNC(=O)C1COCCN1C(=O)C(C)(N)CCC. The van der Waals surface area contributed by atoms with E-state index in [-0.39, 0.29) is 18.4 Å². The quantitative estimate of drug-likeness (QED) is 0.733. The lowest BCUT2D eigenvalue weighted by Crippen LogP contribution is -2.62. The Morgan fingerprint density at radius 2 is 2.10 bits per heavy atom. The zero-order chi connectivity index (χ0) is 15.2. The largest absolute Gasteiger partial charge is 0.377 e. The number of nitrogens with zero attached hydrogens (tertiary/aromatic N) is 1. The zero-order valence-electron chi connectivity index (χ0n) is 12.8. The number of carbonyl (C=O) groups excluding carboxylic acids is 2. The van der Waals surface area contributed by atoms with Crippen LogP contribution < -0.4 is 11.1 Å². The lowest BCUT2D eigenvalue weighted by atomic mass is 9.94. The van der Waals surface area contributed by atoms with Gasteiger partial charge in [-0.2, -0.15) is 0 Å². The van der Waals surface area contributed by atoms with E-state index in [0.717, 1.165) is 12.8 Å². The van der Waals surface area contributed by atoms with Gasteiger partial charge in [-0.3, -0.25) is 9.59 Å². The van der Waals surface area contributed by atoms with Crippen LogP contribution in [0.3, 0.4) is 0 Å². The second-order valence-corrected chi connectivity index (χ2v) is 5.55. The van der Waals surface area contributed by atoms with Crippen LogP contribution in [0, 0.1) is 0 Å². The van der Waals surface area contributed by atoms with Crippen molar-refractivity contribution in [3.8, 4) is 0 Å². The number of amides is 2. The molecule has 6 nitrogen and oxygen atoms in total. The first-order valence-corrected chi connectivity index (χ1v) is 7.39. The predicted octanol–water partition coefficient (Wildman–Crippen LogP) is 0.258. The average Bonchev–Trinajstić information content (AvgIpc) is 2.43. The third-order valence-corrected chi connectivity index (χ3v) is 3.50. The summed E-state index contributed by atoms with van der Waals surface area (Å²) in [5.41, 5.74) is 5.18. The molecule has 1 aliphatic rings. The first-order chi connectivity index (χ1) is 9.44. The monoisotopic (exact) mass is 285 g/mol. The summed E-state index contributed by atoms with van der Waals surface area (Å²) in [6.07, 6.45) is 2.29. The predicted molar refractivity (Wildman–Crippen MR) is 77.1 cm³/mol. The molecule has 0 radical (unpaired) electrons. The highest BCUT2D eigenvalue weighted by molar-refractivity contribution is 5.92. The second kappa shape index (κ2) is 7.59. The number of nitrogens with two attached hydrogens (primary N) is 1. The minimum Gasteiger partial charge on any atom is -0.377 e. The van der Waals surface area contributed by atoms with E-state index in [4.69, 9.17) is 10.5 Å². The van der Waals surface area contributed by atoms with Gasteiger partial charge in [-0.15, -0.1) is 0 Å². The van der Waals surface area contributed by atoms with Gasteiger partial charge in [-0.05, 0) is 19.8 Å². The standard InChI is InChI=1S/C14H27N3O3/c1-4-6-14(3,15)13(19)17-8-9-20-10-11(17)12(18)16-7-5-2/h11H,4-10,15H2,1-3H3,(H,16,18). The molecular weight excluding hydrogens is 258 g/mol. The van der Waals surface area contributed by atoms with Crippen LogP contribution in [-0.2, 0) is 14.3 Å². The van der Waals surface area contributed by atoms with Gasteiger partial charge in [0.1, 0.15) is 6.04 Å². The number of carbonyl (C=O) groups is 2. The summed E-state index contributed by atoms with van der Waals surface area (Å²) in [6, 6.07) is -0.567. The lowest BCUT2D eigenvalue weighted by Gasteiger charge is -2.39. The van der Waals surface area contributed by atoms with Crippen molar-refractivity contribution in [2.24, 2.45) is 5.73 Å². The summed E-state index contributed by atoms with van der Waals surface area (Å²) in [5.74, 6) is -0.327. The maximum absolute atomic E-state index is 12.6. The molecule has 2 atom stereocenters. The van der Waals surface area contributed by atoms with Gasteiger partial charge in [0.25, 0.3) is 0 Å². The highest BCUT2D eigenvalue weighted by Gasteiger charge is 2.39. The molecule has 6 heteroatoms. The number of hydrogen-bond donors (Lipinski definition) is 2. The van der Waals surface area contributed by atoms with Crippen molar-refractivity contribution in [3.63, 3.8) is 0 Å².